The van der Waals surface area contributed by atoms with Crippen LogP contribution in [0.25, 0.3) is 0 Å². The molecule has 1 aliphatic carbocycles. The Labute approximate surface area is 339 Å². The lowest BCUT2D eigenvalue weighted by Crippen LogP contribution is -2.64. The second-order valence-corrected chi connectivity index (χ2v) is 17.8. The van der Waals surface area contributed by atoms with Crippen LogP contribution in [0.3, 0.4) is 0 Å². The topological polar surface area (TPSA) is 282 Å². The van der Waals surface area contributed by atoms with Crippen molar-refractivity contribution in [3.8, 4) is 0 Å². The molecule has 0 aromatic heterocycles. The Morgan fingerprint density at radius 2 is 0.912 bits per heavy atom. The summed E-state index contributed by atoms with van der Waals surface area (Å²) in [4.78, 5) is 53.7. The van der Waals surface area contributed by atoms with E-state index in [-0.39, 0.29) is 12.8 Å². The summed E-state index contributed by atoms with van der Waals surface area (Å²) in [5, 5.41) is 41.3. The number of ether oxygens (including phenoxy) is 2. The first-order valence-corrected chi connectivity index (χ1v) is 24.3. The quantitative estimate of drug-likeness (QED) is 0.0216. The number of aliphatic hydroxyl groups is 4. The van der Waals surface area contributed by atoms with Gasteiger partial charge in [-0.1, -0.05) is 135 Å². The molecule has 0 spiro atoms. The smallest absolute Gasteiger partial charge is 0.462 e. The van der Waals surface area contributed by atoms with Crippen LogP contribution in [0.4, 0.5) is 0 Å². The first kappa shape index (κ1) is 54.0. The molecule has 1 saturated carbocycles. The number of hydrogen-bond donors (Lipinski definition) is 8. The number of unbranched alkanes of at least 4 members (excludes halogenated alkanes) is 21. The lowest BCUT2D eigenvalue weighted by Gasteiger charge is -2.43. The predicted octanol–water partition coefficient (Wildman–Crippen LogP) is 5.61. The molecule has 0 saturated heterocycles. The Morgan fingerprint density at radius 1 is 0.544 bits per heavy atom. The highest BCUT2D eigenvalue weighted by Crippen LogP contribution is 2.48. The van der Waals surface area contributed by atoms with E-state index in [4.69, 9.17) is 34.0 Å². The highest BCUT2D eigenvalue weighted by molar-refractivity contribution is 7.47. The van der Waals surface area contributed by atoms with Crippen molar-refractivity contribution in [2.75, 3.05) is 19.8 Å². The molecular weight excluding hydrogens is 788 g/mol. The van der Waals surface area contributed by atoms with Crippen molar-refractivity contribution in [1.29, 1.82) is 0 Å². The van der Waals surface area contributed by atoms with Crippen molar-refractivity contribution in [2.24, 2.45) is 5.73 Å². The minimum atomic E-state index is -5.30. The fraction of sp³-hybridized carbons (Fsp3) is 0.947. The second-order valence-electron chi connectivity index (χ2n) is 15.2. The monoisotopic (exact) mass is 863 g/mol. The van der Waals surface area contributed by atoms with E-state index in [1.54, 1.807) is 0 Å². The van der Waals surface area contributed by atoms with Crippen LogP contribution < -0.4 is 5.73 Å². The molecule has 57 heavy (non-hydrogen) atoms. The summed E-state index contributed by atoms with van der Waals surface area (Å²) >= 11 is 0. The zero-order valence-corrected chi connectivity index (χ0v) is 35.9. The fourth-order valence-corrected chi connectivity index (χ4v) is 8.22. The predicted molar refractivity (Wildman–Crippen MR) is 213 cm³/mol. The van der Waals surface area contributed by atoms with Crippen molar-refractivity contribution in [2.45, 2.75) is 210 Å². The van der Waals surface area contributed by atoms with Gasteiger partial charge in [0.05, 0.1) is 6.61 Å². The van der Waals surface area contributed by atoms with Crippen LogP contribution in [-0.4, -0.2) is 110 Å². The highest BCUT2D eigenvalue weighted by atomic mass is 31.2. The number of esters is 2. The van der Waals surface area contributed by atoms with E-state index in [1.807, 2.05) is 0 Å². The van der Waals surface area contributed by atoms with Gasteiger partial charge < -0.3 is 50.3 Å². The summed E-state index contributed by atoms with van der Waals surface area (Å²) in [6.45, 7) is 1.62. The van der Waals surface area contributed by atoms with Gasteiger partial charge in [-0.15, -0.1) is 0 Å². The average molecular weight is 864 g/mol. The minimum Gasteiger partial charge on any atom is -0.462 e. The number of rotatable bonds is 36. The van der Waals surface area contributed by atoms with E-state index in [2.05, 4.69) is 11.4 Å². The van der Waals surface area contributed by atoms with E-state index in [0.717, 1.165) is 70.8 Å². The highest BCUT2D eigenvalue weighted by Gasteiger charge is 2.54. The SMILES string of the molecule is CCCCCCCCCCCCCCCC(=O)O[C@H](COC(=O)CCCCCCCCCCCCN)COP(=O)(O)OC1C(O)[C@H](O)C(OP(=O)(O)O)[C@H](O)[C@@H]1O. The standard InChI is InChI=1S/C38H75NO16P2/c1-2-3-4-5-6-7-8-9-10-14-17-20-23-26-32(41)53-30(28-51-31(40)25-22-19-16-13-11-12-15-18-21-24-27-39)29-52-57(49,50)55-38-35(44)33(42)37(34(43)36(38)45)54-56(46,47)48/h30,33-38,42-45H,2-29,39H2,1H3,(H,49,50)(H2,46,47,48)/t30-,33-,34+,35+,36?,37?,38?/m1/s1. The molecule has 1 fully saturated rings. The van der Waals surface area contributed by atoms with Gasteiger partial charge in [-0.05, 0) is 25.8 Å². The molecule has 0 amide bonds. The van der Waals surface area contributed by atoms with Crippen molar-refractivity contribution in [1.82, 2.24) is 0 Å². The number of carbonyl (C=O) groups is 2. The molecule has 8 atom stereocenters. The van der Waals surface area contributed by atoms with Gasteiger partial charge >= 0.3 is 27.6 Å². The maximum atomic E-state index is 12.9. The molecular formula is C38H75NO16P2. The number of nitrogens with two attached hydrogens (primary N) is 1. The molecule has 0 heterocycles. The number of hydrogen-bond acceptors (Lipinski definition) is 14. The maximum Gasteiger partial charge on any atom is 0.472 e. The van der Waals surface area contributed by atoms with Crippen LogP contribution in [0.15, 0.2) is 0 Å². The van der Waals surface area contributed by atoms with E-state index < -0.39 is 83.5 Å². The van der Waals surface area contributed by atoms with Crippen LogP contribution in [0.2, 0.25) is 0 Å². The number of phosphoric acid groups is 2. The Kier molecular flexibility index (Phi) is 30.1. The van der Waals surface area contributed by atoms with Crippen LogP contribution >= 0.6 is 15.6 Å². The molecule has 0 aliphatic heterocycles. The first-order valence-electron chi connectivity index (χ1n) is 21.3. The summed E-state index contributed by atoms with van der Waals surface area (Å²) in [5.74, 6) is -1.20. The van der Waals surface area contributed by atoms with Crippen molar-refractivity contribution in [3.63, 3.8) is 0 Å². The van der Waals surface area contributed by atoms with Crippen LogP contribution in [-0.2, 0) is 41.8 Å². The number of phosphoric ester groups is 2. The summed E-state index contributed by atoms with van der Waals surface area (Å²) in [7, 11) is -10.6. The molecule has 1 rings (SSSR count). The van der Waals surface area contributed by atoms with Gasteiger partial charge in [0.15, 0.2) is 6.10 Å². The summed E-state index contributed by atoms with van der Waals surface area (Å²) in [6.07, 6.45) is 10.4. The molecule has 0 aromatic rings. The summed E-state index contributed by atoms with van der Waals surface area (Å²) < 4.78 is 48.9. The zero-order chi connectivity index (χ0) is 42.5. The van der Waals surface area contributed by atoms with Crippen molar-refractivity contribution >= 4 is 27.6 Å². The zero-order valence-electron chi connectivity index (χ0n) is 34.1. The van der Waals surface area contributed by atoms with Gasteiger partial charge in [-0.2, -0.15) is 0 Å². The van der Waals surface area contributed by atoms with Crippen LogP contribution in [0, 0.1) is 0 Å². The Morgan fingerprint density at radius 3 is 1.32 bits per heavy atom. The molecule has 17 nitrogen and oxygen atoms in total. The lowest BCUT2D eigenvalue weighted by atomic mass is 9.85. The Balaban J connectivity index is 2.62. The molecule has 4 unspecified atom stereocenters. The van der Waals surface area contributed by atoms with Gasteiger partial charge in [0.2, 0.25) is 0 Å². The van der Waals surface area contributed by atoms with Crippen LogP contribution in [0.1, 0.15) is 167 Å². The van der Waals surface area contributed by atoms with Gasteiger partial charge in [0, 0.05) is 12.8 Å². The van der Waals surface area contributed by atoms with Crippen molar-refractivity contribution in [3.05, 3.63) is 0 Å². The van der Waals surface area contributed by atoms with Crippen LogP contribution in [0.5, 0.6) is 0 Å². The molecule has 0 bridgehead atoms. The first-order chi connectivity index (χ1) is 27.1. The van der Waals surface area contributed by atoms with E-state index >= 15 is 0 Å². The molecule has 19 heteroatoms. The average Bonchev–Trinajstić information content (AvgIpc) is 3.16. The minimum absolute atomic E-state index is 0.0529. The van der Waals surface area contributed by atoms with Gasteiger partial charge in [0.25, 0.3) is 0 Å². The lowest BCUT2D eigenvalue weighted by molar-refractivity contribution is -0.216. The molecule has 0 radical (unpaired) electrons. The summed E-state index contributed by atoms with van der Waals surface area (Å²) in [6, 6.07) is 0. The second kappa shape index (κ2) is 31.8. The molecule has 0 aromatic carbocycles. The van der Waals surface area contributed by atoms with Gasteiger partial charge in [-0.25, -0.2) is 9.13 Å². The van der Waals surface area contributed by atoms with Gasteiger partial charge in [0.1, 0.15) is 43.2 Å². The van der Waals surface area contributed by atoms with Crippen molar-refractivity contribution < 1.29 is 76.9 Å². The number of aliphatic hydroxyl groups excluding tert-OH is 4. The third-order valence-corrected chi connectivity index (χ3v) is 11.5. The van der Waals surface area contributed by atoms with E-state index in [1.165, 1.54) is 70.6 Å². The number of carbonyl (C=O) groups excluding carboxylic acids is 2. The molecule has 1 aliphatic rings. The Hall–Kier alpha value is -1.04. The third-order valence-electron chi connectivity index (χ3n) is 10.0. The van der Waals surface area contributed by atoms with Gasteiger partial charge in [-0.3, -0.25) is 23.2 Å². The van der Waals surface area contributed by atoms with E-state index in [0.29, 0.717) is 12.8 Å². The molecule has 9 N–H and O–H groups in total. The Bertz CT molecular complexity index is 1130. The van der Waals surface area contributed by atoms with E-state index in [9.17, 15) is 44.0 Å². The summed E-state index contributed by atoms with van der Waals surface area (Å²) in [5.41, 5.74) is 5.52. The third kappa shape index (κ3) is 26.7. The normalized spacial score (nSPS) is 22.9. The maximum absolute atomic E-state index is 12.9. The molecule has 338 valence electrons. The largest absolute Gasteiger partial charge is 0.472 e. The fourth-order valence-electron chi connectivity index (χ4n) is 6.68.